The van der Waals surface area contributed by atoms with Crippen molar-refractivity contribution in [1.29, 1.82) is 0 Å². The number of rotatable bonds is 15. The molecule has 3 unspecified atom stereocenters. The van der Waals surface area contributed by atoms with Crippen LogP contribution in [-0.2, 0) is 33.8 Å². The van der Waals surface area contributed by atoms with Crippen LogP contribution in [0.25, 0.3) is 0 Å². The predicted molar refractivity (Wildman–Crippen MR) is 196 cm³/mol. The zero-order valence-corrected chi connectivity index (χ0v) is 31.1. The lowest BCUT2D eigenvalue weighted by Crippen LogP contribution is -2.29. The van der Waals surface area contributed by atoms with Gasteiger partial charge < -0.3 is 80.2 Å². The molecule has 306 valence electrons. The fraction of sp³-hybridized carbons (Fsp3) is 0.455. The van der Waals surface area contributed by atoms with Gasteiger partial charge in [-0.15, -0.1) is 0 Å². The molecule has 0 fully saturated rings. The maximum absolute atomic E-state index is 11.6. The van der Waals surface area contributed by atoms with Crippen LogP contribution in [0.3, 0.4) is 0 Å². The highest BCUT2D eigenvalue weighted by molar-refractivity contribution is 5.66. The van der Waals surface area contributed by atoms with Crippen molar-refractivity contribution in [1.82, 2.24) is 29.7 Å². The monoisotopic (exact) mass is 783 g/mol. The number of nitrogens with one attached hydrogen (secondary N) is 3. The fourth-order valence-corrected chi connectivity index (χ4v) is 5.11. The molecule has 22 nitrogen and oxygen atoms in total. The van der Waals surface area contributed by atoms with E-state index in [1.165, 1.54) is 63.5 Å². The largest absolute Gasteiger partial charge is 0.503 e. The van der Waals surface area contributed by atoms with Gasteiger partial charge in [0.25, 0.3) is 0 Å². The molecule has 0 radical (unpaired) electrons. The first-order chi connectivity index (χ1) is 25.8. The Hall–Kier alpha value is -6.26. The summed E-state index contributed by atoms with van der Waals surface area (Å²) in [6.45, 7) is 6.85. The number of pyridine rings is 3. The lowest BCUT2D eigenvalue weighted by molar-refractivity contribution is 0.181. The number of carboxylic acid groups (broad SMARTS) is 3. The Kier molecular flexibility index (Phi) is 19.3. The van der Waals surface area contributed by atoms with Crippen molar-refractivity contribution in [3.05, 3.63) is 78.5 Å². The Morgan fingerprint density at radius 1 is 0.618 bits per heavy atom. The molecular weight excluding hydrogens is 734 g/mol. The van der Waals surface area contributed by atoms with E-state index >= 15 is 0 Å². The summed E-state index contributed by atoms with van der Waals surface area (Å²) in [5.41, 5.74) is 4.17. The smallest absolute Gasteiger partial charge is 0.405 e. The average Bonchev–Trinajstić information content (AvgIpc) is 3.10. The topological polar surface area (TPSA) is 328 Å². The third-order valence-corrected chi connectivity index (χ3v) is 7.57. The summed E-state index contributed by atoms with van der Waals surface area (Å²) in [6, 6.07) is 0.286. The molecule has 3 amide bonds. The summed E-state index contributed by atoms with van der Waals surface area (Å²) in [7, 11) is 4.56. The van der Waals surface area contributed by atoms with Crippen molar-refractivity contribution in [3.8, 4) is 17.2 Å². The summed E-state index contributed by atoms with van der Waals surface area (Å²) in [5.74, 6) is -1.46. The maximum Gasteiger partial charge on any atom is 0.405 e. The van der Waals surface area contributed by atoms with Crippen molar-refractivity contribution in [2.24, 2.45) is 0 Å². The quantitative estimate of drug-likeness (QED) is 0.103. The number of nitrogens with zero attached hydrogens (tertiary/aromatic N) is 3. The Morgan fingerprint density at radius 3 is 1.24 bits per heavy atom. The molecule has 0 aromatic carbocycles. The zero-order chi connectivity index (χ0) is 42.0. The minimum atomic E-state index is -1.26. The highest BCUT2D eigenvalue weighted by atomic mass is 16.5. The van der Waals surface area contributed by atoms with E-state index < -0.39 is 69.9 Å². The zero-order valence-electron chi connectivity index (χ0n) is 31.1. The number of aromatic hydroxyl groups is 3. The minimum Gasteiger partial charge on any atom is -0.503 e. The summed E-state index contributed by atoms with van der Waals surface area (Å²) in [5, 5.41) is 62.0. The average molecular weight is 784 g/mol. The second-order valence-electron chi connectivity index (χ2n) is 11.5. The van der Waals surface area contributed by atoms with Crippen molar-refractivity contribution in [2.45, 2.75) is 58.5 Å². The predicted octanol–water partition coefficient (Wildman–Crippen LogP) is 1.17. The van der Waals surface area contributed by atoms with E-state index in [1.54, 1.807) is 23.0 Å². The molecule has 0 aliphatic carbocycles. The van der Waals surface area contributed by atoms with Crippen LogP contribution in [0.2, 0.25) is 0 Å². The summed E-state index contributed by atoms with van der Waals surface area (Å²) < 4.78 is 19.4. The molecule has 3 aromatic heterocycles. The van der Waals surface area contributed by atoms with Crippen LogP contribution in [0.4, 0.5) is 20.1 Å². The number of nitrogens with two attached hydrogens (primary N) is 1. The Bertz CT molecular complexity index is 1840. The first kappa shape index (κ1) is 46.8. The van der Waals surface area contributed by atoms with Gasteiger partial charge in [-0.1, -0.05) is 0 Å². The van der Waals surface area contributed by atoms with Gasteiger partial charge in [-0.2, -0.15) is 0 Å². The van der Waals surface area contributed by atoms with Gasteiger partial charge in [0.15, 0.2) is 17.2 Å². The van der Waals surface area contributed by atoms with Gasteiger partial charge in [-0.05, 0) is 20.8 Å². The first-order valence-corrected chi connectivity index (χ1v) is 16.3. The molecule has 3 rings (SSSR count). The molecule has 0 spiro atoms. The second-order valence-corrected chi connectivity index (χ2v) is 11.5. The Balaban J connectivity index is 0.000000413. The second kappa shape index (κ2) is 22.7. The molecule has 0 bridgehead atoms. The molecule has 0 aliphatic heterocycles. The standard InChI is InChI=1S/C11H17N3O5.2C11H16N2O5/c1-6(13-11(17)18)8-10(16)9(15)7(12)5-14(8)3-4-19-2;2*1-7(12-11(16)17)9-10(15)8(14)3-4-13(9)5-6-18-2/h5-6,13,16H,3-4,12H2,1-2H3,(H,17,18);2*3-4,7,12,15H,5-6H2,1-2H3,(H,16,17). The van der Waals surface area contributed by atoms with Crippen molar-refractivity contribution in [2.75, 3.05) is 46.9 Å². The van der Waals surface area contributed by atoms with Crippen molar-refractivity contribution in [3.63, 3.8) is 0 Å². The number of nitrogen functional groups attached to an aromatic ring is 1. The molecule has 3 aromatic rings. The summed E-state index contributed by atoms with van der Waals surface area (Å²) >= 11 is 0. The van der Waals surface area contributed by atoms with Crippen molar-refractivity contribution >= 4 is 24.0 Å². The SMILES string of the molecule is COCCn1cc(N)c(=O)c(O)c1C(C)NC(=O)O.COCCn1ccc(=O)c(O)c1C(C)NC(=O)O.COCCn1ccc(=O)c(O)c1C(C)NC(=O)O. The number of anilines is 1. The van der Waals surface area contributed by atoms with Crippen LogP contribution in [0.5, 0.6) is 17.2 Å². The molecule has 3 atom stereocenters. The van der Waals surface area contributed by atoms with E-state index in [2.05, 4.69) is 16.0 Å². The Morgan fingerprint density at radius 2 is 0.927 bits per heavy atom. The highest BCUT2D eigenvalue weighted by Crippen LogP contribution is 2.23. The van der Waals surface area contributed by atoms with Crippen LogP contribution in [0, 0.1) is 0 Å². The van der Waals surface area contributed by atoms with Crippen LogP contribution >= 0.6 is 0 Å². The van der Waals surface area contributed by atoms with Gasteiger partial charge in [-0.3, -0.25) is 14.4 Å². The molecule has 3 heterocycles. The number of hydrogen-bond donors (Lipinski definition) is 10. The minimum absolute atomic E-state index is 0.111. The molecular formula is C33H49N7O15. The number of methoxy groups -OCH3 is 3. The summed E-state index contributed by atoms with van der Waals surface area (Å²) in [6.07, 6.45) is 0.644. The van der Waals surface area contributed by atoms with Gasteiger partial charge >= 0.3 is 18.3 Å². The van der Waals surface area contributed by atoms with Gasteiger partial charge in [-0.25, -0.2) is 14.4 Å². The number of hydrogen-bond acceptors (Lipinski definition) is 13. The van der Waals surface area contributed by atoms with Crippen molar-refractivity contribution < 1.29 is 59.2 Å². The third-order valence-electron chi connectivity index (χ3n) is 7.57. The van der Waals surface area contributed by atoms with E-state index in [0.29, 0.717) is 39.5 Å². The number of amides is 3. The number of carbonyl (C=O) groups is 3. The fourth-order valence-electron chi connectivity index (χ4n) is 5.11. The molecule has 11 N–H and O–H groups in total. The summed E-state index contributed by atoms with van der Waals surface area (Å²) in [4.78, 5) is 66.2. The van der Waals surface area contributed by atoms with Crippen LogP contribution in [-0.4, -0.2) is 104 Å². The highest BCUT2D eigenvalue weighted by Gasteiger charge is 2.21. The molecule has 0 saturated heterocycles. The lowest BCUT2D eigenvalue weighted by atomic mass is 10.1. The molecule has 55 heavy (non-hydrogen) atoms. The van der Waals surface area contributed by atoms with E-state index in [-0.39, 0.29) is 22.8 Å². The normalized spacial score (nSPS) is 12.1. The number of ether oxygens (including phenoxy) is 3. The van der Waals surface area contributed by atoms with Crippen LogP contribution in [0.15, 0.2) is 45.1 Å². The van der Waals surface area contributed by atoms with Gasteiger partial charge in [0.1, 0.15) is 5.69 Å². The van der Waals surface area contributed by atoms with Gasteiger partial charge in [0, 0.05) is 71.7 Å². The molecule has 22 heteroatoms. The van der Waals surface area contributed by atoms with E-state index in [9.17, 15) is 44.1 Å². The first-order valence-electron chi connectivity index (χ1n) is 16.3. The molecule has 0 saturated carbocycles. The van der Waals surface area contributed by atoms with Crippen LogP contribution in [0.1, 0.15) is 56.0 Å². The maximum atomic E-state index is 11.6. The number of aromatic nitrogens is 3. The van der Waals surface area contributed by atoms with Crippen LogP contribution < -0.4 is 38.0 Å². The van der Waals surface area contributed by atoms with E-state index in [4.69, 9.17) is 35.3 Å². The van der Waals surface area contributed by atoms with Gasteiger partial charge in [0.2, 0.25) is 16.3 Å². The molecule has 0 aliphatic rings. The van der Waals surface area contributed by atoms with Gasteiger partial charge in [0.05, 0.1) is 55.0 Å². The van der Waals surface area contributed by atoms with E-state index in [0.717, 1.165) is 0 Å². The third kappa shape index (κ3) is 14.2. The lowest BCUT2D eigenvalue weighted by Gasteiger charge is -2.20. The Labute approximate surface area is 313 Å². The van der Waals surface area contributed by atoms with E-state index in [1.807, 2.05) is 0 Å².